The Bertz CT molecular complexity index is 37.9. The minimum atomic E-state index is -3.13. The zero-order valence-electron chi connectivity index (χ0n) is 3.01. The maximum Gasteiger partial charge on any atom is 0 e. The van der Waals surface area contributed by atoms with Gasteiger partial charge in [0.2, 0.25) is 0 Å². The molecule has 2 N–H and O–H groups in total. The minimum absolute atomic E-state index is 0. The van der Waals surface area contributed by atoms with E-state index >= 15 is 0 Å². The Morgan fingerprint density at radius 1 is 1.29 bits per heavy atom. The molecule has 0 aromatic heterocycles. The maximum absolute atomic E-state index is 8.74. The monoisotopic (exact) mass is 243 g/mol. The molecule has 34 valence electrons. The maximum atomic E-state index is 8.74. The minimum Gasteiger partial charge on any atom is 0 e. The second-order valence-electron chi connectivity index (χ2n) is 0.283. The molecule has 0 saturated carbocycles. The van der Waals surface area contributed by atoms with Crippen LogP contribution in [-0.4, -0.2) is 28.9 Å². The Balaban J connectivity index is -0.0000000150. The molecule has 0 atom stereocenters. The Labute approximate surface area is 78.5 Å². The van der Waals surface area contributed by atoms with Gasteiger partial charge in [-0.2, -0.15) is 0 Å². The molecule has 7 heavy (non-hydrogen) atoms. The summed E-state index contributed by atoms with van der Waals surface area (Å²) in [5.41, 5.74) is 0. The van der Waals surface area contributed by atoms with E-state index in [9.17, 15) is 0 Å². The molecule has 0 bridgehead atoms. The van der Waals surface area contributed by atoms with E-state index in [-0.39, 0.29) is 55.8 Å². The van der Waals surface area contributed by atoms with Crippen molar-refractivity contribution in [3.63, 3.8) is 0 Å². The normalized spacial score (nSPS) is 3.43. The van der Waals surface area contributed by atoms with E-state index in [4.69, 9.17) is 14.1 Å². The molecule has 0 unspecified atom stereocenters. The van der Waals surface area contributed by atoms with Crippen LogP contribution in [0.4, 0.5) is 0 Å². The second kappa shape index (κ2) is 15.7. The van der Waals surface area contributed by atoms with E-state index < -0.39 is 9.17 Å². The summed E-state index contributed by atoms with van der Waals surface area (Å²) in [6.07, 6.45) is 0. The first-order valence-corrected chi connectivity index (χ1v) is 1.95. The molecule has 0 heterocycles. The van der Waals surface area contributed by atoms with Gasteiger partial charge in [-0.3, -0.25) is 4.46 Å². The van der Waals surface area contributed by atoms with Crippen LogP contribution in [0.3, 0.4) is 0 Å². The van der Waals surface area contributed by atoms with Crippen molar-refractivity contribution < 1.29 is 59.7 Å². The molecule has 0 aliphatic rings. The van der Waals surface area contributed by atoms with Gasteiger partial charge in [0, 0.05) is 45.7 Å². The Morgan fingerprint density at radius 3 is 1.29 bits per heavy atom. The van der Waals surface area contributed by atoms with Gasteiger partial charge in [-0.15, -0.1) is 0 Å². The zero-order valence-corrected chi connectivity index (χ0v) is 9.43. The van der Waals surface area contributed by atoms with E-state index in [1.54, 1.807) is 0 Å². The average Bonchev–Trinajstić information content (AvgIpc) is 0.811. The van der Waals surface area contributed by atoms with Crippen molar-refractivity contribution in [3.8, 4) is 0 Å². The van der Waals surface area contributed by atoms with E-state index in [2.05, 4.69) is 0 Å². The van der Waals surface area contributed by atoms with Crippen molar-refractivity contribution in [1.82, 2.24) is 0 Å². The van der Waals surface area contributed by atoms with Crippen LogP contribution in [0, 0.1) is 0 Å². The van der Waals surface area contributed by atoms with E-state index in [0.29, 0.717) is 0 Å². The van der Waals surface area contributed by atoms with Gasteiger partial charge in [-0.05, 0) is 0 Å². The molecule has 0 saturated heterocycles. The summed E-state index contributed by atoms with van der Waals surface area (Å²) in [6, 6.07) is 0. The summed E-state index contributed by atoms with van der Waals surface area (Å²) < 4.78 is 8.74. The van der Waals surface area contributed by atoms with Crippen molar-refractivity contribution in [2.45, 2.75) is 0 Å². The van der Waals surface area contributed by atoms with Gasteiger partial charge in [0.1, 0.15) is 0 Å². The predicted octanol–water partition coefficient (Wildman–Crippen LogP) is -2.53. The van der Waals surface area contributed by atoms with Crippen molar-refractivity contribution in [2.75, 3.05) is 0 Å². The van der Waals surface area contributed by atoms with Crippen molar-refractivity contribution in [2.24, 2.45) is 0 Å². The standard InChI is InChI=1S/Be.H2O3Si.Zn.Zr.2H/c;1-4(2)3;;;;/h;1-2H;;;;. The van der Waals surface area contributed by atoms with Gasteiger partial charge < -0.3 is 9.59 Å². The Kier molecular flexibility index (Phi) is 53.6. The second-order valence-corrected chi connectivity index (χ2v) is 0.848. The molecule has 0 aliphatic heterocycles. The van der Waals surface area contributed by atoms with E-state index in [0.717, 1.165) is 0 Å². The zero-order chi connectivity index (χ0) is 3.58. The summed E-state index contributed by atoms with van der Waals surface area (Å²) in [6.45, 7) is 0. The first-order chi connectivity index (χ1) is 1.73. The van der Waals surface area contributed by atoms with Gasteiger partial charge >= 0.3 is 19.3 Å². The number of hydrogen-bond acceptors (Lipinski definition) is 1. The largest absolute Gasteiger partial charge is 0 e. The number of rotatable bonds is 0. The van der Waals surface area contributed by atoms with Gasteiger partial charge in [0.15, 0.2) is 0 Å². The molecule has 7 heteroatoms. The number of hydrogen-bond donors (Lipinski definition) is 2. The summed E-state index contributed by atoms with van der Waals surface area (Å²) in [4.78, 5) is 14.3. The first-order valence-electron chi connectivity index (χ1n) is 0.651. The molecular formula is H4BeO3SiZnZr. The van der Waals surface area contributed by atoms with E-state index in [1.807, 2.05) is 0 Å². The van der Waals surface area contributed by atoms with Gasteiger partial charge in [0.05, 0.1) is 0 Å². The average molecular weight is 246 g/mol. The summed E-state index contributed by atoms with van der Waals surface area (Å²) in [5.74, 6) is 0. The summed E-state index contributed by atoms with van der Waals surface area (Å²) in [5, 5.41) is 0. The molecule has 0 radical (unpaired) electrons. The third-order valence-electron chi connectivity index (χ3n) is 0. The van der Waals surface area contributed by atoms with Crippen molar-refractivity contribution in [3.05, 3.63) is 0 Å². The Hall–Kier alpha value is 1.29. The molecular weight excluding hydrogens is 242 g/mol. The van der Waals surface area contributed by atoms with Gasteiger partial charge in [-0.1, -0.05) is 0 Å². The van der Waals surface area contributed by atoms with Crippen LogP contribution in [0.25, 0.3) is 0 Å². The fourth-order valence-electron chi connectivity index (χ4n) is 0. The molecule has 0 aliphatic carbocycles. The summed E-state index contributed by atoms with van der Waals surface area (Å²) in [7, 11) is -3.13. The molecule has 3 nitrogen and oxygen atoms in total. The van der Waals surface area contributed by atoms with Crippen LogP contribution in [0.2, 0.25) is 0 Å². The van der Waals surface area contributed by atoms with Crippen molar-refractivity contribution in [1.29, 1.82) is 0 Å². The summed E-state index contributed by atoms with van der Waals surface area (Å²) >= 11 is 0. The quantitative estimate of drug-likeness (QED) is 0.463. The predicted molar refractivity (Wildman–Crippen MR) is 19.4 cm³/mol. The van der Waals surface area contributed by atoms with Gasteiger partial charge in [-0.25, -0.2) is 0 Å². The third kappa shape index (κ3) is 122. The fourth-order valence-corrected chi connectivity index (χ4v) is 0. The van der Waals surface area contributed by atoms with Gasteiger partial charge in [0.25, 0.3) is 0 Å². The molecule has 0 aromatic carbocycles. The molecule has 0 amide bonds. The van der Waals surface area contributed by atoms with Crippen LogP contribution >= 0.6 is 0 Å². The smallest absolute Gasteiger partial charge is 0 e. The molecule has 0 spiro atoms. The third-order valence-corrected chi connectivity index (χ3v) is 0. The van der Waals surface area contributed by atoms with Crippen LogP contribution in [-0.2, 0) is 50.1 Å². The Morgan fingerprint density at radius 2 is 1.29 bits per heavy atom. The SMILES string of the molecule is O=[Si](O)O.[BeH2].[Zn].[Zr]. The molecule has 0 fully saturated rings. The molecule has 0 rings (SSSR count). The van der Waals surface area contributed by atoms with Crippen LogP contribution in [0.1, 0.15) is 0 Å². The van der Waals surface area contributed by atoms with Crippen LogP contribution < -0.4 is 0 Å². The fraction of sp³-hybridized carbons (Fsp3) is 0. The van der Waals surface area contributed by atoms with Crippen LogP contribution in [0.15, 0.2) is 0 Å². The first kappa shape index (κ1) is 23.9. The van der Waals surface area contributed by atoms with Crippen LogP contribution in [0.5, 0.6) is 0 Å². The van der Waals surface area contributed by atoms with Crippen molar-refractivity contribution >= 4 is 19.3 Å². The topological polar surface area (TPSA) is 57.5 Å². The van der Waals surface area contributed by atoms with E-state index in [1.165, 1.54) is 0 Å². The molecule has 0 aromatic rings.